The summed E-state index contributed by atoms with van der Waals surface area (Å²) in [6, 6.07) is 1.51. The summed E-state index contributed by atoms with van der Waals surface area (Å²) < 4.78 is 31.7. The van der Waals surface area contributed by atoms with Crippen LogP contribution in [-0.4, -0.2) is 82.9 Å². The fraction of sp³-hybridized carbons (Fsp3) is 0.562. The molecule has 2 atom stereocenters. The number of carbonyl (C=O) groups is 2. The van der Waals surface area contributed by atoms with Gasteiger partial charge in [0.2, 0.25) is 11.6 Å². The van der Waals surface area contributed by atoms with Crippen molar-refractivity contribution >= 4 is 22.9 Å². The first-order valence-electron chi connectivity index (χ1n) is 15.2. The van der Waals surface area contributed by atoms with E-state index in [1.165, 1.54) is 0 Å². The molecule has 0 fully saturated rings. The largest absolute Gasteiger partial charge is 0.507 e. The second-order valence-electron chi connectivity index (χ2n) is 11.1. The average Bonchev–Trinajstić information content (AvgIpc) is 2.97. The second-order valence-corrected chi connectivity index (χ2v) is 11.1. The van der Waals surface area contributed by atoms with Crippen molar-refractivity contribution in [3.63, 3.8) is 0 Å². The molecule has 1 aliphatic rings. The molecule has 0 heterocycles. The highest BCUT2D eigenvalue weighted by molar-refractivity contribution is 6.33. The van der Waals surface area contributed by atoms with E-state index in [9.17, 15) is 19.8 Å². The predicted molar refractivity (Wildman–Crippen MR) is 163 cm³/mol. The van der Waals surface area contributed by atoms with Crippen LogP contribution in [0.4, 0.5) is 20.2 Å². The van der Waals surface area contributed by atoms with Crippen LogP contribution in [0, 0.1) is 11.6 Å². The van der Waals surface area contributed by atoms with Gasteiger partial charge in [-0.25, -0.2) is 8.78 Å². The van der Waals surface area contributed by atoms with Gasteiger partial charge in [-0.2, -0.15) is 0 Å². The maximum absolute atomic E-state index is 15.9. The summed E-state index contributed by atoms with van der Waals surface area (Å²) in [7, 11) is 0. The average molecular weight is 589 g/mol. The van der Waals surface area contributed by atoms with Crippen molar-refractivity contribution in [3.05, 3.63) is 46.0 Å². The van der Waals surface area contributed by atoms with Crippen molar-refractivity contribution in [2.75, 3.05) is 49.9 Å². The van der Waals surface area contributed by atoms with Crippen molar-refractivity contribution in [1.29, 1.82) is 0 Å². The molecule has 2 aromatic carbocycles. The fourth-order valence-corrected chi connectivity index (χ4v) is 5.66. The summed E-state index contributed by atoms with van der Waals surface area (Å²) in [6.07, 6.45) is 2.80. The fourth-order valence-electron chi connectivity index (χ4n) is 5.66. The van der Waals surface area contributed by atoms with E-state index in [1.807, 2.05) is 13.8 Å². The molecule has 2 aromatic rings. The van der Waals surface area contributed by atoms with Crippen LogP contribution < -0.4 is 10.6 Å². The molecule has 2 unspecified atom stereocenters. The summed E-state index contributed by atoms with van der Waals surface area (Å²) in [5.41, 5.74) is -2.36. The quantitative estimate of drug-likeness (QED) is 0.151. The standard InChI is InChI=1S/C32H46F2N4O4/c1-7-37(8-2)17-11-13-19(5)35-29-25-26(32(42)24-22(40)16-15-21(39)23(24)31(25)41)30(28(34)27(29)33)36-20(6)14-12-18-38(9-3)10-4/h15-16,19-20,35-36,39-40H,7-14,17-18H2,1-6H3. The number of aromatic hydroxyl groups is 2. The van der Waals surface area contributed by atoms with Gasteiger partial charge in [0.05, 0.1) is 33.6 Å². The lowest BCUT2D eigenvalue weighted by Crippen LogP contribution is -2.30. The first-order valence-corrected chi connectivity index (χ1v) is 15.2. The Kier molecular flexibility index (Phi) is 11.7. The van der Waals surface area contributed by atoms with Gasteiger partial charge >= 0.3 is 0 Å². The first-order chi connectivity index (χ1) is 20.0. The lowest BCUT2D eigenvalue weighted by Gasteiger charge is -2.28. The van der Waals surface area contributed by atoms with Crippen LogP contribution in [0.2, 0.25) is 0 Å². The highest BCUT2D eigenvalue weighted by atomic mass is 19.2. The van der Waals surface area contributed by atoms with Crippen LogP contribution in [0.5, 0.6) is 11.5 Å². The molecular weight excluding hydrogens is 542 g/mol. The van der Waals surface area contributed by atoms with Gasteiger partial charge in [0.25, 0.3) is 0 Å². The van der Waals surface area contributed by atoms with E-state index in [2.05, 4.69) is 48.1 Å². The number of hydrogen-bond acceptors (Lipinski definition) is 8. The number of rotatable bonds is 16. The van der Waals surface area contributed by atoms with E-state index in [1.54, 1.807) is 0 Å². The maximum Gasteiger partial charge on any atom is 0.200 e. The molecule has 0 radical (unpaired) electrons. The maximum atomic E-state index is 15.9. The highest BCUT2D eigenvalue weighted by Gasteiger charge is 2.41. The molecule has 0 aromatic heterocycles. The lowest BCUT2D eigenvalue weighted by atomic mass is 9.80. The van der Waals surface area contributed by atoms with E-state index in [0.29, 0.717) is 12.8 Å². The summed E-state index contributed by atoms with van der Waals surface area (Å²) >= 11 is 0. The van der Waals surface area contributed by atoms with E-state index < -0.39 is 57.2 Å². The Morgan fingerprint density at radius 2 is 1.00 bits per heavy atom. The Morgan fingerprint density at radius 1 is 0.667 bits per heavy atom. The van der Waals surface area contributed by atoms with E-state index >= 15 is 8.78 Å². The Labute approximate surface area is 248 Å². The Hall–Kier alpha value is -3.24. The number of anilines is 2. The molecule has 42 heavy (non-hydrogen) atoms. The molecule has 3 rings (SSSR count). The smallest absolute Gasteiger partial charge is 0.200 e. The number of nitrogens with zero attached hydrogens (tertiary/aromatic N) is 2. The monoisotopic (exact) mass is 588 g/mol. The van der Waals surface area contributed by atoms with Gasteiger partial charge in [-0.3, -0.25) is 9.59 Å². The molecule has 0 aliphatic heterocycles. The van der Waals surface area contributed by atoms with Crippen molar-refractivity contribution in [3.8, 4) is 11.5 Å². The number of ketones is 2. The number of benzene rings is 2. The van der Waals surface area contributed by atoms with Gasteiger partial charge < -0.3 is 30.6 Å². The number of halogens is 2. The SMILES string of the molecule is CCN(CC)CCCC(C)Nc1c(F)c(F)c(NC(C)CCCN(CC)CC)c2c1C(=O)c1c(O)ccc(O)c1C2=O. The van der Waals surface area contributed by atoms with Crippen LogP contribution >= 0.6 is 0 Å². The van der Waals surface area contributed by atoms with Crippen molar-refractivity contribution in [2.45, 2.75) is 79.3 Å². The molecule has 4 N–H and O–H groups in total. The predicted octanol–water partition coefficient (Wildman–Crippen LogP) is 6.00. The van der Waals surface area contributed by atoms with E-state index in [-0.39, 0.29) is 23.2 Å². The molecule has 0 bridgehead atoms. The topological polar surface area (TPSA) is 105 Å². The molecule has 1 aliphatic carbocycles. The molecule has 0 amide bonds. The minimum atomic E-state index is -1.27. The molecule has 0 saturated heterocycles. The molecular formula is C32H46F2N4O4. The Morgan fingerprint density at radius 3 is 1.31 bits per heavy atom. The summed E-state index contributed by atoms with van der Waals surface area (Å²) in [5, 5.41) is 26.9. The molecule has 0 spiro atoms. The third-order valence-corrected chi connectivity index (χ3v) is 8.24. The minimum Gasteiger partial charge on any atom is -0.507 e. The van der Waals surface area contributed by atoms with Gasteiger partial charge in [-0.1, -0.05) is 27.7 Å². The molecule has 232 valence electrons. The third-order valence-electron chi connectivity index (χ3n) is 8.24. The minimum absolute atomic E-state index is 0.347. The van der Waals surface area contributed by atoms with Crippen LogP contribution in [0.3, 0.4) is 0 Å². The van der Waals surface area contributed by atoms with Gasteiger partial charge in [-0.15, -0.1) is 0 Å². The normalized spacial score (nSPS) is 14.2. The Balaban J connectivity index is 2.03. The summed E-state index contributed by atoms with van der Waals surface area (Å²) in [6.45, 7) is 17.2. The van der Waals surface area contributed by atoms with E-state index in [4.69, 9.17) is 0 Å². The molecule has 0 saturated carbocycles. The zero-order chi connectivity index (χ0) is 31.1. The van der Waals surface area contributed by atoms with Gasteiger partial charge in [-0.05, 0) is 90.9 Å². The number of carbonyl (C=O) groups excluding carboxylic acids is 2. The molecule has 10 heteroatoms. The zero-order valence-electron chi connectivity index (χ0n) is 25.7. The van der Waals surface area contributed by atoms with Crippen LogP contribution in [0.15, 0.2) is 12.1 Å². The Bertz CT molecular complexity index is 1180. The van der Waals surface area contributed by atoms with Crippen LogP contribution in [0.25, 0.3) is 0 Å². The summed E-state index contributed by atoms with van der Waals surface area (Å²) in [4.78, 5) is 32.2. The number of phenols is 2. The molecule has 8 nitrogen and oxygen atoms in total. The number of fused-ring (bicyclic) bond motifs is 2. The van der Waals surface area contributed by atoms with Crippen molar-refractivity contribution in [1.82, 2.24) is 9.80 Å². The van der Waals surface area contributed by atoms with Gasteiger partial charge in [0.1, 0.15) is 11.5 Å². The van der Waals surface area contributed by atoms with Crippen molar-refractivity contribution < 1.29 is 28.6 Å². The lowest BCUT2D eigenvalue weighted by molar-refractivity contribution is 0.0974. The van der Waals surface area contributed by atoms with Gasteiger partial charge in [0, 0.05) is 12.1 Å². The van der Waals surface area contributed by atoms with Gasteiger partial charge in [0.15, 0.2) is 11.6 Å². The van der Waals surface area contributed by atoms with Crippen LogP contribution in [0.1, 0.15) is 99.1 Å². The zero-order valence-corrected chi connectivity index (χ0v) is 25.7. The number of phenolic OH excluding ortho intramolecular Hbond substituents is 2. The summed E-state index contributed by atoms with van der Waals surface area (Å²) in [5.74, 6) is -5.30. The van der Waals surface area contributed by atoms with E-state index in [0.717, 1.165) is 64.2 Å². The number of hydrogen-bond donors (Lipinski definition) is 4. The van der Waals surface area contributed by atoms with Crippen molar-refractivity contribution in [2.24, 2.45) is 0 Å². The third kappa shape index (κ3) is 7.03. The highest BCUT2D eigenvalue weighted by Crippen LogP contribution is 2.45. The van der Waals surface area contributed by atoms with Crippen LogP contribution in [-0.2, 0) is 0 Å². The second kappa shape index (κ2) is 14.8. The number of nitrogens with one attached hydrogen (secondary N) is 2. The first kappa shape index (κ1) is 33.3.